The predicted octanol–water partition coefficient (Wildman–Crippen LogP) is 3.27. The maximum Gasteiger partial charge on any atom is 0.231 e. The molecule has 0 radical (unpaired) electrons. The van der Waals surface area contributed by atoms with Crippen molar-refractivity contribution in [3.8, 4) is 17.6 Å². The number of ether oxygens (including phenoxy) is 2. The van der Waals surface area contributed by atoms with Crippen LogP contribution in [0.15, 0.2) is 29.3 Å². The fourth-order valence-electron chi connectivity index (χ4n) is 2.73. The van der Waals surface area contributed by atoms with Gasteiger partial charge < -0.3 is 14.8 Å². The Bertz CT molecular complexity index is 892. The van der Waals surface area contributed by atoms with Gasteiger partial charge in [-0.2, -0.15) is 5.26 Å². The summed E-state index contributed by atoms with van der Waals surface area (Å²) < 4.78 is 10.7. The summed E-state index contributed by atoms with van der Waals surface area (Å²) in [4.78, 5) is 16.7. The Morgan fingerprint density at radius 1 is 1.35 bits per heavy atom. The largest absolute Gasteiger partial charge is 0.454 e. The van der Waals surface area contributed by atoms with Crippen molar-refractivity contribution in [2.45, 2.75) is 31.8 Å². The summed E-state index contributed by atoms with van der Waals surface area (Å²) in [6.07, 6.45) is 0. The van der Waals surface area contributed by atoms with Gasteiger partial charge in [-0.1, -0.05) is 17.8 Å². The van der Waals surface area contributed by atoms with Crippen LogP contribution in [0, 0.1) is 25.2 Å². The molecule has 1 aliphatic rings. The highest BCUT2D eigenvalue weighted by Gasteiger charge is 2.17. The molecule has 6 nitrogen and oxygen atoms in total. The lowest BCUT2D eigenvalue weighted by atomic mass is 10.1. The van der Waals surface area contributed by atoms with Crippen LogP contribution in [-0.2, 0) is 4.79 Å². The Morgan fingerprint density at radius 2 is 2.12 bits per heavy atom. The normalized spacial score (nSPS) is 13.2. The van der Waals surface area contributed by atoms with Crippen molar-refractivity contribution in [1.29, 1.82) is 5.26 Å². The van der Waals surface area contributed by atoms with E-state index in [1.807, 2.05) is 45.0 Å². The average molecular weight is 369 g/mol. The molecule has 2 aromatic rings. The average Bonchev–Trinajstić information content (AvgIpc) is 3.07. The number of aryl methyl sites for hydroxylation is 2. The number of thioether (sulfide) groups is 1. The minimum absolute atomic E-state index is 0.120. The van der Waals surface area contributed by atoms with E-state index in [2.05, 4.69) is 16.4 Å². The summed E-state index contributed by atoms with van der Waals surface area (Å²) in [6, 6.07) is 9.49. The van der Waals surface area contributed by atoms with E-state index in [1.165, 1.54) is 11.8 Å². The van der Waals surface area contributed by atoms with Crippen LogP contribution in [0.2, 0.25) is 0 Å². The van der Waals surface area contributed by atoms with Gasteiger partial charge in [-0.05, 0) is 50.1 Å². The number of rotatable bonds is 5. The molecular weight excluding hydrogens is 350 g/mol. The zero-order valence-electron chi connectivity index (χ0n) is 14.8. The minimum Gasteiger partial charge on any atom is -0.454 e. The number of hydrogen-bond acceptors (Lipinski definition) is 6. The van der Waals surface area contributed by atoms with Gasteiger partial charge in [0.25, 0.3) is 0 Å². The lowest BCUT2D eigenvalue weighted by Gasteiger charge is -2.15. The van der Waals surface area contributed by atoms with E-state index in [0.717, 1.165) is 16.8 Å². The van der Waals surface area contributed by atoms with E-state index in [9.17, 15) is 10.1 Å². The molecule has 1 atom stereocenters. The van der Waals surface area contributed by atoms with Gasteiger partial charge in [0.2, 0.25) is 12.7 Å². The maximum atomic E-state index is 12.3. The highest BCUT2D eigenvalue weighted by atomic mass is 32.2. The quantitative estimate of drug-likeness (QED) is 0.815. The van der Waals surface area contributed by atoms with Gasteiger partial charge in [0, 0.05) is 5.69 Å². The number of hydrogen-bond donors (Lipinski definition) is 1. The van der Waals surface area contributed by atoms with Crippen molar-refractivity contribution in [3.63, 3.8) is 0 Å². The Hall–Kier alpha value is -2.72. The summed E-state index contributed by atoms with van der Waals surface area (Å²) >= 11 is 1.28. The number of aromatic nitrogens is 1. The molecule has 26 heavy (non-hydrogen) atoms. The standard InChI is InChI=1S/C19H19N3O3S/c1-11-6-12(2)21-19(15(11)8-20)26-9-18(23)22-13(3)14-4-5-16-17(7-14)25-10-24-16/h4-7,13H,9-10H2,1-3H3,(H,22,23). The lowest BCUT2D eigenvalue weighted by molar-refractivity contribution is -0.119. The predicted molar refractivity (Wildman–Crippen MR) is 98.3 cm³/mol. The molecule has 3 rings (SSSR count). The van der Waals surface area contributed by atoms with Crippen molar-refractivity contribution < 1.29 is 14.3 Å². The first-order valence-corrected chi connectivity index (χ1v) is 9.16. The molecule has 0 saturated carbocycles. The van der Waals surface area contributed by atoms with Crippen molar-refractivity contribution in [2.75, 3.05) is 12.5 Å². The van der Waals surface area contributed by atoms with E-state index >= 15 is 0 Å². The minimum atomic E-state index is -0.166. The molecule has 1 unspecified atom stereocenters. The van der Waals surface area contributed by atoms with Gasteiger partial charge in [0.15, 0.2) is 11.5 Å². The van der Waals surface area contributed by atoms with Crippen LogP contribution >= 0.6 is 11.8 Å². The maximum absolute atomic E-state index is 12.3. The fourth-order valence-corrected chi connectivity index (χ4v) is 3.64. The highest BCUT2D eigenvalue weighted by molar-refractivity contribution is 8.00. The zero-order chi connectivity index (χ0) is 18.7. The van der Waals surface area contributed by atoms with E-state index in [1.54, 1.807) is 0 Å². The van der Waals surface area contributed by atoms with Crippen LogP contribution in [0.4, 0.5) is 0 Å². The number of fused-ring (bicyclic) bond motifs is 1. The fraction of sp³-hybridized carbons (Fsp3) is 0.316. The van der Waals surface area contributed by atoms with Crippen molar-refractivity contribution in [3.05, 3.63) is 46.6 Å². The van der Waals surface area contributed by atoms with E-state index in [4.69, 9.17) is 9.47 Å². The van der Waals surface area contributed by atoms with Crippen molar-refractivity contribution in [1.82, 2.24) is 10.3 Å². The third kappa shape index (κ3) is 3.92. The smallest absolute Gasteiger partial charge is 0.231 e. The van der Waals surface area contributed by atoms with Crippen molar-refractivity contribution >= 4 is 17.7 Å². The summed E-state index contributed by atoms with van der Waals surface area (Å²) in [5.74, 6) is 1.48. The Labute approximate surface area is 156 Å². The monoisotopic (exact) mass is 369 g/mol. The lowest BCUT2D eigenvalue weighted by Crippen LogP contribution is -2.28. The van der Waals surface area contributed by atoms with Crippen LogP contribution in [0.3, 0.4) is 0 Å². The molecule has 1 aromatic carbocycles. The first-order chi connectivity index (χ1) is 12.5. The molecular formula is C19H19N3O3S. The summed E-state index contributed by atoms with van der Waals surface area (Å²) in [5, 5.41) is 12.9. The van der Waals surface area contributed by atoms with Gasteiger partial charge in [-0.3, -0.25) is 4.79 Å². The Kier molecular flexibility index (Phi) is 5.33. The number of pyridine rings is 1. The van der Waals surface area contributed by atoms with Gasteiger partial charge in [-0.15, -0.1) is 0 Å². The van der Waals surface area contributed by atoms with E-state index in [-0.39, 0.29) is 24.5 Å². The number of carbonyl (C=O) groups is 1. The summed E-state index contributed by atoms with van der Waals surface area (Å²) in [5.41, 5.74) is 3.17. The molecule has 1 amide bonds. The second-order valence-electron chi connectivity index (χ2n) is 6.06. The third-order valence-corrected chi connectivity index (χ3v) is 5.01. The second-order valence-corrected chi connectivity index (χ2v) is 7.03. The molecule has 0 aliphatic carbocycles. The summed E-state index contributed by atoms with van der Waals surface area (Å²) in [6.45, 7) is 5.88. The molecule has 0 bridgehead atoms. The third-order valence-electron chi connectivity index (χ3n) is 4.04. The number of nitrogens with zero attached hydrogens (tertiary/aromatic N) is 2. The van der Waals surface area contributed by atoms with Gasteiger partial charge in [0.05, 0.1) is 17.4 Å². The first-order valence-electron chi connectivity index (χ1n) is 8.18. The second kappa shape index (κ2) is 7.67. The van der Waals surface area contributed by atoms with Crippen LogP contribution in [0.5, 0.6) is 11.5 Å². The van der Waals surface area contributed by atoms with Gasteiger partial charge >= 0.3 is 0 Å². The first kappa shape index (κ1) is 18.1. The molecule has 1 aromatic heterocycles. The number of benzene rings is 1. The SMILES string of the molecule is Cc1cc(C)c(C#N)c(SCC(=O)NC(C)c2ccc3c(c2)OCO3)n1. The van der Waals surface area contributed by atoms with Crippen LogP contribution in [0.1, 0.15) is 35.3 Å². The van der Waals surface area contributed by atoms with E-state index in [0.29, 0.717) is 22.1 Å². The number of carbonyl (C=O) groups excluding carboxylic acids is 1. The number of amides is 1. The van der Waals surface area contributed by atoms with E-state index < -0.39 is 0 Å². The highest BCUT2D eigenvalue weighted by Crippen LogP contribution is 2.34. The number of nitrogens with one attached hydrogen (secondary N) is 1. The van der Waals surface area contributed by atoms with Crippen molar-refractivity contribution in [2.24, 2.45) is 0 Å². The zero-order valence-corrected chi connectivity index (χ0v) is 15.6. The van der Waals surface area contributed by atoms with Crippen LogP contribution in [-0.4, -0.2) is 23.4 Å². The molecule has 1 N–H and O–H groups in total. The topological polar surface area (TPSA) is 84.2 Å². The Morgan fingerprint density at radius 3 is 2.88 bits per heavy atom. The molecule has 134 valence electrons. The molecule has 0 fully saturated rings. The van der Waals surface area contributed by atoms with Crippen LogP contribution < -0.4 is 14.8 Å². The van der Waals surface area contributed by atoms with Gasteiger partial charge in [0.1, 0.15) is 11.1 Å². The molecule has 1 aliphatic heterocycles. The molecule has 2 heterocycles. The van der Waals surface area contributed by atoms with Gasteiger partial charge in [-0.25, -0.2) is 4.98 Å². The summed E-state index contributed by atoms with van der Waals surface area (Å²) in [7, 11) is 0. The Balaban J connectivity index is 1.62. The molecule has 0 saturated heterocycles. The number of nitriles is 1. The molecule has 7 heteroatoms. The molecule has 0 spiro atoms. The van der Waals surface area contributed by atoms with Crippen LogP contribution in [0.25, 0.3) is 0 Å².